The Bertz CT molecular complexity index is 582. The van der Waals surface area contributed by atoms with Crippen molar-refractivity contribution in [2.45, 2.75) is 26.3 Å². The van der Waals surface area contributed by atoms with Crippen molar-refractivity contribution < 1.29 is 4.74 Å². The molecule has 18 heavy (non-hydrogen) atoms. The van der Waals surface area contributed by atoms with Gasteiger partial charge in [0.2, 0.25) is 0 Å². The van der Waals surface area contributed by atoms with E-state index in [4.69, 9.17) is 4.74 Å². The van der Waals surface area contributed by atoms with Crippen LogP contribution in [0.15, 0.2) is 18.2 Å². The normalized spacial score (nSPS) is 12.1. The van der Waals surface area contributed by atoms with Crippen molar-refractivity contribution in [2.24, 2.45) is 7.05 Å². The predicted octanol–water partition coefficient (Wildman–Crippen LogP) is 2.95. The third-order valence-electron chi connectivity index (χ3n) is 3.94. The van der Waals surface area contributed by atoms with Crippen LogP contribution in [0.3, 0.4) is 0 Å². The zero-order valence-electron chi connectivity index (χ0n) is 12.1. The number of para-hydroxylation sites is 1. The third kappa shape index (κ3) is 1.70. The average Bonchev–Trinajstić information content (AvgIpc) is 2.62. The molecular weight excluding hydrogens is 224 g/mol. The summed E-state index contributed by atoms with van der Waals surface area (Å²) in [6.45, 7) is 6.57. The number of hydrogen-bond donors (Lipinski definition) is 1. The lowest BCUT2D eigenvalue weighted by Gasteiger charge is -2.25. The van der Waals surface area contributed by atoms with E-state index in [0.29, 0.717) is 0 Å². The van der Waals surface area contributed by atoms with Crippen LogP contribution in [0.5, 0.6) is 5.75 Å². The maximum atomic E-state index is 5.48. The summed E-state index contributed by atoms with van der Waals surface area (Å²) in [6, 6.07) is 6.23. The molecule has 1 heterocycles. The number of rotatable bonds is 3. The first-order valence-corrected chi connectivity index (χ1v) is 6.25. The van der Waals surface area contributed by atoms with E-state index in [-0.39, 0.29) is 5.54 Å². The highest BCUT2D eigenvalue weighted by molar-refractivity contribution is 5.91. The summed E-state index contributed by atoms with van der Waals surface area (Å²) in [6.07, 6.45) is 0. The highest BCUT2D eigenvalue weighted by atomic mass is 16.5. The Morgan fingerprint density at radius 1 is 1.28 bits per heavy atom. The van der Waals surface area contributed by atoms with E-state index in [1.807, 2.05) is 13.1 Å². The Morgan fingerprint density at radius 3 is 2.50 bits per heavy atom. The standard InChI is InChI=1S/C15H22N2O/c1-10-13(15(2,3)16-4)11-8-7-9-12(18-6)14(11)17(10)5/h7-9,16H,1-6H3. The number of aromatic nitrogens is 1. The Labute approximate surface area is 109 Å². The van der Waals surface area contributed by atoms with Gasteiger partial charge in [-0.2, -0.15) is 0 Å². The van der Waals surface area contributed by atoms with Crippen LogP contribution in [0, 0.1) is 6.92 Å². The van der Waals surface area contributed by atoms with Crippen LogP contribution in [0.25, 0.3) is 10.9 Å². The van der Waals surface area contributed by atoms with Gasteiger partial charge in [0.05, 0.1) is 12.6 Å². The molecule has 0 saturated carbocycles. The molecule has 1 aromatic heterocycles. The molecule has 0 radical (unpaired) electrons. The molecule has 1 N–H and O–H groups in total. The van der Waals surface area contributed by atoms with Gasteiger partial charge in [-0.05, 0) is 33.9 Å². The predicted molar refractivity (Wildman–Crippen MR) is 76.3 cm³/mol. The molecule has 0 amide bonds. The first kappa shape index (κ1) is 13.0. The molecule has 2 aromatic rings. The second-order valence-corrected chi connectivity index (χ2v) is 5.25. The summed E-state index contributed by atoms with van der Waals surface area (Å²) in [7, 11) is 5.81. The fraction of sp³-hybridized carbons (Fsp3) is 0.467. The Morgan fingerprint density at radius 2 is 1.94 bits per heavy atom. The zero-order chi connectivity index (χ0) is 13.5. The summed E-state index contributed by atoms with van der Waals surface area (Å²) >= 11 is 0. The van der Waals surface area contributed by atoms with E-state index in [1.165, 1.54) is 16.6 Å². The molecule has 0 aliphatic heterocycles. The van der Waals surface area contributed by atoms with Gasteiger partial charge in [0.1, 0.15) is 5.75 Å². The number of hydrogen-bond acceptors (Lipinski definition) is 2. The molecule has 98 valence electrons. The summed E-state index contributed by atoms with van der Waals surface area (Å²) in [5.41, 5.74) is 3.71. The largest absolute Gasteiger partial charge is 0.495 e. The molecule has 0 aliphatic carbocycles. The highest BCUT2D eigenvalue weighted by Gasteiger charge is 2.26. The fourth-order valence-corrected chi connectivity index (χ4v) is 2.68. The summed E-state index contributed by atoms with van der Waals surface area (Å²) in [4.78, 5) is 0. The summed E-state index contributed by atoms with van der Waals surface area (Å²) in [5, 5.41) is 4.65. The van der Waals surface area contributed by atoms with Crippen LogP contribution in [0.2, 0.25) is 0 Å². The smallest absolute Gasteiger partial charge is 0.143 e. The fourth-order valence-electron chi connectivity index (χ4n) is 2.68. The Kier molecular flexibility index (Phi) is 3.11. The van der Waals surface area contributed by atoms with Crippen LogP contribution >= 0.6 is 0 Å². The van der Waals surface area contributed by atoms with Gasteiger partial charge >= 0.3 is 0 Å². The molecule has 0 unspecified atom stereocenters. The van der Waals surface area contributed by atoms with E-state index >= 15 is 0 Å². The molecule has 0 spiro atoms. The minimum Gasteiger partial charge on any atom is -0.495 e. The molecule has 0 fully saturated rings. The molecule has 2 rings (SSSR count). The van der Waals surface area contributed by atoms with E-state index in [1.54, 1.807) is 7.11 Å². The number of methoxy groups -OCH3 is 1. The van der Waals surface area contributed by atoms with Crippen LogP contribution in [-0.2, 0) is 12.6 Å². The van der Waals surface area contributed by atoms with E-state index in [2.05, 4.69) is 49.8 Å². The monoisotopic (exact) mass is 246 g/mol. The van der Waals surface area contributed by atoms with Crippen molar-refractivity contribution in [3.05, 3.63) is 29.5 Å². The molecule has 1 aromatic carbocycles. The van der Waals surface area contributed by atoms with Crippen LogP contribution in [-0.4, -0.2) is 18.7 Å². The average molecular weight is 246 g/mol. The van der Waals surface area contributed by atoms with Crippen LogP contribution < -0.4 is 10.1 Å². The first-order chi connectivity index (χ1) is 8.44. The van der Waals surface area contributed by atoms with Crippen molar-refractivity contribution >= 4 is 10.9 Å². The van der Waals surface area contributed by atoms with Crippen molar-refractivity contribution in [3.63, 3.8) is 0 Å². The van der Waals surface area contributed by atoms with Crippen molar-refractivity contribution in [3.8, 4) is 5.75 Å². The van der Waals surface area contributed by atoms with Gasteiger partial charge in [0.15, 0.2) is 0 Å². The topological polar surface area (TPSA) is 26.2 Å². The molecule has 3 nitrogen and oxygen atoms in total. The molecular formula is C15H22N2O. The zero-order valence-corrected chi connectivity index (χ0v) is 12.1. The van der Waals surface area contributed by atoms with Crippen molar-refractivity contribution in [1.82, 2.24) is 9.88 Å². The number of fused-ring (bicyclic) bond motifs is 1. The van der Waals surface area contributed by atoms with Gasteiger partial charge in [-0.15, -0.1) is 0 Å². The van der Waals surface area contributed by atoms with Gasteiger partial charge < -0.3 is 14.6 Å². The molecule has 3 heteroatoms. The van der Waals surface area contributed by atoms with Gasteiger partial charge in [-0.25, -0.2) is 0 Å². The Hall–Kier alpha value is -1.48. The van der Waals surface area contributed by atoms with Gasteiger partial charge in [-0.1, -0.05) is 12.1 Å². The van der Waals surface area contributed by atoms with Crippen LogP contribution in [0.1, 0.15) is 25.1 Å². The maximum Gasteiger partial charge on any atom is 0.143 e. The van der Waals surface area contributed by atoms with E-state index in [0.717, 1.165) is 11.3 Å². The summed E-state index contributed by atoms with van der Waals surface area (Å²) < 4.78 is 7.69. The van der Waals surface area contributed by atoms with Gasteiger partial charge in [0.25, 0.3) is 0 Å². The molecule has 0 bridgehead atoms. The van der Waals surface area contributed by atoms with Crippen molar-refractivity contribution in [1.29, 1.82) is 0 Å². The second kappa shape index (κ2) is 4.32. The molecule has 0 atom stereocenters. The molecule has 0 aliphatic rings. The lowest BCUT2D eigenvalue weighted by molar-refractivity contribution is 0.418. The number of aryl methyl sites for hydroxylation is 1. The van der Waals surface area contributed by atoms with Gasteiger partial charge in [-0.3, -0.25) is 0 Å². The van der Waals surface area contributed by atoms with Crippen LogP contribution in [0.4, 0.5) is 0 Å². The van der Waals surface area contributed by atoms with Crippen molar-refractivity contribution in [2.75, 3.05) is 14.2 Å². The highest BCUT2D eigenvalue weighted by Crippen LogP contribution is 2.37. The van der Waals surface area contributed by atoms with Gasteiger partial charge in [0, 0.05) is 29.2 Å². The SMILES string of the molecule is CNC(C)(C)c1c(C)n(C)c2c(OC)cccc12. The first-order valence-electron chi connectivity index (χ1n) is 6.25. The van der Waals surface area contributed by atoms with E-state index < -0.39 is 0 Å². The number of nitrogens with one attached hydrogen (secondary N) is 1. The molecule has 0 saturated heterocycles. The third-order valence-corrected chi connectivity index (χ3v) is 3.94. The minimum absolute atomic E-state index is 0.0596. The Balaban J connectivity index is 2.88. The number of benzene rings is 1. The lowest BCUT2D eigenvalue weighted by Crippen LogP contribution is -2.33. The quantitative estimate of drug-likeness (QED) is 0.901. The lowest BCUT2D eigenvalue weighted by atomic mass is 9.92. The maximum absolute atomic E-state index is 5.48. The number of ether oxygens (including phenoxy) is 1. The summed E-state index contributed by atoms with van der Waals surface area (Å²) in [5.74, 6) is 0.927. The second-order valence-electron chi connectivity index (χ2n) is 5.25. The number of nitrogens with zero attached hydrogens (tertiary/aromatic N) is 1. The van der Waals surface area contributed by atoms with E-state index in [9.17, 15) is 0 Å². The minimum atomic E-state index is -0.0596.